The fraction of sp³-hybridized carbons (Fsp3) is 0.409. The van der Waals surface area contributed by atoms with Crippen molar-refractivity contribution in [1.29, 1.82) is 0 Å². The molecule has 0 spiro atoms. The number of rotatable bonds is 5. The first kappa shape index (κ1) is 21.2. The van der Waals surface area contributed by atoms with Gasteiger partial charge in [-0.3, -0.25) is 0 Å². The molecular weight excluding hydrogens is 381 g/mol. The van der Waals surface area contributed by atoms with Crippen LogP contribution in [0.1, 0.15) is 42.5 Å². The van der Waals surface area contributed by atoms with Crippen molar-refractivity contribution in [2.45, 2.75) is 37.4 Å². The van der Waals surface area contributed by atoms with E-state index in [1.54, 1.807) is 13.0 Å². The molecule has 156 valence electrons. The molecule has 1 aliphatic rings. The van der Waals surface area contributed by atoms with Gasteiger partial charge in [-0.1, -0.05) is 42.5 Å². The lowest BCUT2D eigenvalue weighted by molar-refractivity contribution is -0.137. The predicted molar refractivity (Wildman–Crippen MR) is 105 cm³/mol. The zero-order valence-electron chi connectivity index (χ0n) is 16.3. The molecule has 1 unspecified atom stereocenters. The molecule has 29 heavy (non-hydrogen) atoms. The van der Waals surface area contributed by atoms with Gasteiger partial charge in [-0.25, -0.2) is 4.79 Å². The Balaban J connectivity index is 1.64. The monoisotopic (exact) mass is 406 g/mol. The minimum absolute atomic E-state index is 0.212. The van der Waals surface area contributed by atoms with Gasteiger partial charge in [-0.15, -0.1) is 0 Å². The first-order chi connectivity index (χ1) is 13.8. The van der Waals surface area contributed by atoms with Crippen LogP contribution in [-0.2, 0) is 16.3 Å². The molecule has 1 fully saturated rings. The van der Waals surface area contributed by atoms with E-state index in [4.69, 9.17) is 4.74 Å². The largest absolute Gasteiger partial charge is 0.416 e. The van der Waals surface area contributed by atoms with Crippen molar-refractivity contribution >= 4 is 6.03 Å². The topological polar surface area (TPSA) is 50.4 Å². The number of alkyl halides is 3. The van der Waals surface area contributed by atoms with Crippen LogP contribution >= 0.6 is 0 Å². The Morgan fingerprint density at radius 3 is 2.45 bits per heavy atom. The highest BCUT2D eigenvalue weighted by Crippen LogP contribution is 2.34. The second-order valence-corrected chi connectivity index (χ2v) is 7.43. The van der Waals surface area contributed by atoms with Crippen LogP contribution in [0.3, 0.4) is 0 Å². The smallest absolute Gasteiger partial charge is 0.381 e. The second kappa shape index (κ2) is 8.86. The fourth-order valence-electron chi connectivity index (χ4n) is 3.69. The molecule has 4 nitrogen and oxygen atoms in total. The van der Waals surface area contributed by atoms with Gasteiger partial charge in [0.25, 0.3) is 0 Å². The van der Waals surface area contributed by atoms with Crippen LogP contribution in [-0.4, -0.2) is 25.8 Å². The molecule has 2 aromatic carbocycles. The maximum atomic E-state index is 12.9. The number of nitrogens with one attached hydrogen (secondary N) is 2. The maximum absolute atomic E-state index is 12.9. The Morgan fingerprint density at radius 1 is 1.10 bits per heavy atom. The third-order valence-electron chi connectivity index (χ3n) is 5.48. The van der Waals surface area contributed by atoms with Crippen molar-refractivity contribution in [1.82, 2.24) is 10.6 Å². The summed E-state index contributed by atoms with van der Waals surface area (Å²) in [4.78, 5) is 12.4. The van der Waals surface area contributed by atoms with E-state index < -0.39 is 23.8 Å². The number of halogens is 3. The third-order valence-corrected chi connectivity index (χ3v) is 5.48. The molecule has 1 aliphatic heterocycles. The summed E-state index contributed by atoms with van der Waals surface area (Å²) in [5.41, 5.74) is 0.610. The van der Waals surface area contributed by atoms with E-state index in [-0.39, 0.29) is 5.41 Å². The summed E-state index contributed by atoms with van der Waals surface area (Å²) in [7, 11) is 0. The van der Waals surface area contributed by atoms with Gasteiger partial charge in [0.15, 0.2) is 0 Å². The van der Waals surface area contributed by atoms with Crippen LogP contribution in [0.25, 0.3) is 0 Å². The van der Waals surface area contributed by atoms with E-state index >= 15 is 0 Å². The van der Waals surface area contributed by atoms with Gasteiger partial charge < -0.3 is 15.4 Å². The van der Waals surface area contributed by atoms with Crippen molar-refractivity contribution in [2.75, 3.05) is 19.8 Å². The summed E-state index contributed by atoms with van der Waals surface area (Å²) in [6.45, 7) is 3.34. The van der Waals surface area contributed by atoms with Gasteiger partial charge in [-0.05, 0) is 43.0 Å². The minimum Gasteiger partial charge on any atom is -0.381 e. The minimum atomic E-state index is -4.41. The van der Waals surface area contributed by atoms with Crippen molar-refractivity contribution in [3.05, 3.63) is 71.3 Å². The van der Waals surface area contributed by atoms with Gasteiger partial charge >= 0.3 is 12.2 Å². The number of benzene rings is 2. The SMILES string of the molecule is CC(NC(=O)NCC1(c2ccccc2)CCOCC1)c1cccc(C(F)(F)F)c1. The Hall–Kier alpha value is -2.54. The van der Waals surface area contributed by atoms with Crippen LogP contribution in [0.5, 0.6) is 0 Å². The Morgan fingerprint density at radius 2 is 1.79 bits per heavy atom. The van der Waals surface area contributed by atoms with Crippen molar-refractivity contribution in [3.63, 3.8) is 0 Å². The van der Waals surface area contributed by atoms with E-state index in [1.807, 2.05) is 18.2 Å². The van der Waals surface area contributed by atoms with Crippen LogP contribution in [0.15, 0.2) is 54.6 Å². The van der Waals surface area contributed by atoms with E-state index in [0.29, 0.717) is 25.3 Å². The van der Waals surface area contributed by atoms with Crippen LogP contribution in [0.2, 0.25) is 0 Å². The highest BCUT2D eigenvalue weighted by Gasteiger charge is 2.35. The molecule has 0 bridgehead atoms. The lowest BCUT2D eigenvalue weighted by Crippen LogP contribution is -2.47. The van der Waals surface area contributed by atoms with E-state index in [2.05, 4.69) is 22.8 Å². The van der Waals surface area contributed by atoms with Gasteiger partial charge in [0.05, 0.1) is 11.6 Å². The number of carbonyl (C=O) groups is 1. The molecule has 1 saturated heterocycles. The molecule has 2 amide bonds. The molecule has 7 heteroatoms. The molecule has 0 radical (unpaired) electrons. The second-order valence-electron chi connectivity index (χ2n) is 7.43. The van der Waals surface area contributed by atoms with Gasteiger partial charge in [0.1, 0.15) is 0 Å². The van der Waals surface area contributed by atoms with Crippen molar-refractivity contribution in [3.8, 4) is 0 Å². The number of hydrogen-bond donors (Lipinski definition) is 2. The van der Waals surface area contributed by atoms with Crippen molar-refractivity contribution < 1.29 is 22.7 Å². The summed E-state index contributed by atoms with van der Waals surface area (Å²) >= 11 is 0. The Bertz CT molecular complexity index is 818. The predicted octanol–water partition coefficient (Wildman–Crippen LogP) is 4.81. The lowest BCUT2D eigenvalue weighted by atomic mass is 9.74. The zero-order chi connectivity index (χ0) is 20.9. The Kier molecular flexibility index (Phi) is 6.47. The zero-order valence-corrected chi connectivity index (χ0v) is 16.3. The molecule has 3 rings (SSSR count). The number of urea groups is 1. The third kappa shape index (κ3) is 5.29. The molecule has 1 atom stereocenters. The van der Waals surface area contributed by atoms with E-state index in [9.17, 15) is 18.0 Å². The standard InChI is InChI=1S/C22H25F3N2O2/c1-16(17-6-5-9-19(14-17)22(23,24)25)27-20(28)26-15-21(10-12-29-13-11-21)18-7-3-2-4-8-18/h2-9,14,16H,10-13,15H2,1H3,(H2,26,27,28). The van der Waals surface area contributed by atoms with Crippen LogP contribution in [0.4, 0.5) is 18.0 Å². The average Bonchev–Trinajstić information content (AvgIpc) is 2.73. The number of ether oxygens (including phenoxy) is 1. The molecule has 2 aromatic rings. The number of carbonyl (C=O) groups excluding carboxylic acids is 1. The van der Waals surface area contributed by atoms with Gasteiger partial charge in [0.2, 0.25) is 0 Å². The molecule has 2 N–H and O–H groups in total. The molecular formula is C22H25F3N2O2. The van der Waals surface area contributed by atoms with E-state index in [1.165, 1.54) is 6.07 Å². The normalized spacial score (nSPS) is 17.4. The molecule has 0 saturated carbocycles. The quantitative estimate of drug-likeness (QED) is 0.748. The first-order valence-corrected chi connectivity index (χ1v) is 9.65. The van der Waals surface area contributed by atoms with E-state index in [0.717, 1.165) is 30.5 Å². The summed E-state index contributed by atoms with van der Waals surface area (Å²) < 4.78 is 44.2. The summed E-state index contributed by atoms with van der Waals surface area (Å²) in [5, 5.41) is 5.64. The molecule has 1 heterocycles. The van der Waals surface area contributed by atoms with Crippen LogP contribution in [0, 0.1) is 0 Å². The summed E-state index contributed by atoms with van der Waals surface area (Å²) in [6, 6.07) is 14.0. The maximum Gasteiger partial charge on any atom is 0.416 e. The summed E-state index contributed by atoms with van der Waals surface area (Å²) in [6.07, 6.45) is -2.83. The number of amides is 2. The highest BCUT2D eigenvalue weighted by molar-refractivity contribution is 5.74. The average molecular weight is 406 g/mol. The molecule has 0 aromatic heterocycles. The molecule has 0 aliphatic carbocycles. The first-order valence-electron chi connectivity index (χ1n) is 9.65. The highest BCUT2D eigenvalue weighted by atomic mass is 19.4. The number of hydrogen-bond acceptors (Lipinski definition) is 2. The Labute approximate surface area is 168 Å². The van der Waals surface area contributed by atoms with Gasteiger partial charge in [-0.2, -0.15) is 13.2 Å². The lowest BCUT2D eigenvalue weighted by Gasteiger charge is -2.38. The van der Waals surface area contributed by atoms with Gasteiger partial charge in [0, 0.05) is 25.2 Å². The van der Waals surface area contributed by atoms with Crippen LogP contribution < -0.4 is 10.6 Å². The fourth-order valence-corrected chi connectivity index (χ4v) is 3.69. The van der Waals surface area contributed by atoms with Crippen molar-refractivity contribution in [2.24, 2.45) is 0 Å². The summed E-state index contributed by atoms with van der Waals surface area (Å²) in [5.74, 6) is 0.